The fraction of sp³-hybridized carbons (Fsp3) is 0.158. The molecule has 0 aliphatic rings. The van der Waals surface area contributed by atoms with Crippen LogP contribution in [0.3, 0.4) is 0 Å². The van der Waals surface area contributed by atoms with E-state index in [1.807, 2.05) is 48.6 Å². The van der Waals surface area contributed by atoms with Crippen molar-refractivity contribution in [2.45, 2.75) is 13.0 Å². The SMILES string of the molecule is O=C(NCCC=Cc1ccc2[nH]c(=O)oc2c1)OCc1ccccc1. The Balaban J connectivity index is 1.40. The predicted molar refractivity (Wildman–Crippen MR) is 95.1 cm³/mol. The van der Waals surface area contributed by atoms with Gasteiger partial charge in [-0.25, -0.2) is 9.59 Å². The van der Waals surface area contributed by atoms with Gasteiger partial charge < -0.3 is 14.5 Å². The van der Waals surface area contributed by atoms with E-state index < -0.39 is 11.8 Å². The molecule has 0 aliphatic carbocycles. The Labute approximate surface area is 144 Å². The summed E-state index contributed by atoms with van der Waals surface area (Å²) >= 11 is 0. The maximum atomic E-state index is 11.6. The predicted octanol–water partition coefficient (Wildman–Crippen LogP) is 3.45. The number of oxazole rings is 1. The number of alkyl carbamates (subject to hydrolysis) is 1. The molecule has 2 N–H and O–H groups in total. The van der Waals surface area contributed by atoms with Crippen molar-refractivity contribution in [3.05, 3.63) is 76.3 Å². The van der Waals surface area contributed by atoms with Gasteiger partial charge in [-0.15, -0.1) is 0 Å². The lowest BCUT2D eigenvalue weighted by Crippen LogP contribution is -2.24. The van der Waals surface area contributed by atoms with E-state index >= 15 is 0 Å². The van der Waals surface area contributed by atoms with Crippen molar-refractivity contribution in [3.8, 4) is 0 Å². The van der Waals surface area contributed by atoms with Gasteiger partial charge in [0.2, 0.25) is 0 Å². The van der Waals surface area contributed by atoms with Crippen molar-refractivity contribution in [1.82, 2.24) is 10.3 Å². The Morgan fingerprint density at radius 1 is 1.20 bits per heavy atom. The van der Waals surface area contributed by atoms with Crippen molar-refractivity contribution in [3.63, 3.8) is 0 Å². The minimum absolute atomic E-state index is 0.254. The number of nitrogens with one attached hydrogen (secondary N) is 2. The van der Waals surface area contributed by atoms with Crippen LogP contribution in [-0.2, 0) is 11.3 Å². The topological polar surface area (TPSA) is 84.3 Å². The third-order valence-corrected chi connectivity index (χ3v) is 3.55. The highest BCUT2D eigenvalue weighted by molar-refractivity contribution is 5.75. The molecule has 3 aromatic rings. The lowest BCUT2D eigenvalue weighted by molar-refractivity contribution is 0.140. The first-order valence-electron chi connectivity index (χ1n) is 7.95. The number of carbonyl (C=O) groups is 1. The third-order valence-electron chi connectivity index (χ3n) is 3.55. The number of hydrogen-bond acceptors (Lipinski definition) is 4. The van der Waals surface area contributed by atoms with Crippen molar-refractivity contribution < 1.29 is 13.9 Å². The van der Waals surface area contributed by atoms with Crippen LogP contribution >= 0.6 is 0 Å². The molecule has 0 saturated heterocycles. The van der Waals surface area contributed by atoms with Gasteiger partial charge in [-0.3, -0.25) is 4.98 Å². The first kappa shape index (κ1) is 16.6. The Morgan fingerprint density at radius 3 is 2.88 bits per heavy atom. The molecule has 2 aromatic carbocycles. The standard InChI is InChI=1S/C19H18N2O4/c22-18(24-13-15-7-2-1-3-8-15)20-11-5-4-6-14-9-10-16-17(12-14)25-19(23)21-16/h1-4,6-10,12H,5,11,13H2,(H,20,22)(H,21,23). The van der Waals surface area contributed by atoms with Gasteiger partial charge in [0, 0.05) is 6.54 Å². The molecule has 1 heterocycles. The Kier molecular flexibility index (Phi) is 5.31. The largest absolute Gasteiger partial charge is 0.445 e. The zero-order chi connectivity index (χ0) is 17.5. The van der Waals surface area contributed by atoms with Crippen LogP contribution in [0.5, 0.6) is 0 Å². The lowest BCUT2D eigenvalue weighted by Gasteiger charge is -2.05. The van der Waals surface area contributed by atoms with Gasteiger partial charge in [0.05, 0.1) is 5.52 Å². The molecule has 0 radical (unpaired) electrons. The first-order chi connectivity index (χ1) is 12.2. The second-order valence-corrected chi connectivity index (χ2v) is 5.45. The molecule has 0 bridgehead atoms. The number of benzene rings is 2. The Hall–Kier alpha value is -3.28. The maximum Gasteiger partial charge on any atom is 0.417 e. The van der Waals surface area contributed by atoms with Gasteiger partial charge in [-0.05, 0) is 29.7 Å². The molecule has 6 nitrogen and oxygen atoms in total. The van der Waals surface area contributed by atoms with Gasteiger partial charge in [0.15, 0.2) is 5.58 Å². The summed E-state index contributed by atoms with van der Waals surface area (Å²) in [6, 6.07) is 15.0. The van der Waals surface area contributed by atoms with Crippen LogP contribution < -0.4 is 11.1 Å². The maximum absolute atomic E-state index is 11.6. The highest BCUT2D eigenvalue weighted by Crippen LogP contribution is 2.13. The van der Waals surface area contributed by atoms with Gasteiger partial charge in [0.1, 0.15) is 6.61 Å². The fourth-order valence-corrected chi connectivity index (χ4v) is 2.32. The molecule has 0 unspecified atom stereocenters. The molecular weight excluding hydrogens is 320 g/mol. The van der Waals surface area contributed by atoms with Crippen molar-refractivity contribution in [2.75, 3.05) is 6.54 Å². The Bertz CT molecular complexity index is 925. The molecule has 0 atom stereocenters. The minimum atomic E-state index is -0.464. The summed E-state index contributed by atoms with van der Waals surface area (Å²) in [6.07, 6.45) is 4.07. The summed E-state index contributed by atoms with van der Waals surface area (Å²) in [5.74, 6) is -0.464. The molecule has 0 aliphatic heterocycles. The fourth-order valence-electron chi connectivity index (χ4n) is 2.32. The van der Waals surface area contributed by atoms with E-state index in [4.69, 9.17) is 9.15 Å². The van der Waals surface area contributed by atoms with Gasteiger partial charge in [-0.2, -0.15) is 0 Å². The molecule has 1 amide bonds. The molecule has 1 aromatic heterocycles. The zero-order valence-corrected chi connectivity index (χ0v) is 13.5. The zero-order valence-electron chi connectivity index (χ0n) is 13.5. The van der Waals surface area contributed by atoms with E-state index in [0.29, 0.717) is 24.1 Å². The van der Waals surface area contributed by atoms with E-state index in [2.05, 4.69) is 10.3 Å². The van der Waals surface area contributed by atoms with Gasteiger partial charge >= 0.3 is 11.8 Å². The molecular formula is C19H18N2O4. The quantitative estimate of drug-likeness (QED) is 0.674. The molecule has 25 heavy (non-hydrogen) atoms. The van der Waals surface area contributed by atoms with Crippen LogP contribution in [-0.4, -0.2) is 17.6 Å². The average molecular weight is 338 g/mol. The number of ether oxygens (including phenoxy) is 1. The molecule has 0 saturated carbocycles. The first-order valence-corrected chi connectivity index (χ1v) is 7.95. The molecule has 0 spiro atoms. The summed E-state index contributed by atoms with van der Waals surface area (Å²) in [5.41, 5.74) is 3.06. The highest BCUT2D eigenvalue weighted by atomic mass is 16.5. The van der Waals surface area contributed by atoms with Crippen LogP contribution in [0.25, 0.3) is 17.2 Å². The van der Waals surface area contributed by atoms with Gasteiger partial charge in [0.25, 0.3) is 0 Å². The molecule has 128 valence electrons. The number of aromatic amines is 1. The van der Waals surface area contributed by atoms with Crippen LogP contribution in [0.2, 0.25) is 0 Å². The number of amides is 1. The highest BCUT2D eigenvalue weighted by Gasteiger charge is 2.01. The van der Waals surface area contributed by atoms with E-state index in [-0.39, 0.29) is 6.61 Å². The normalized spacial score (nSPS) is 11.0. The van der Waals surface area contributed by atoms with Gasteiger partial charge in [-0.1, -0.05) is 48.6 Å². The molecule has 3 rings (SSSR count). The van der Waals surface area contributed by atoms with Crippen LogP contribution in [0.15, 0.2) is 63.8 Å². The van der Waals surface area contributed by atoms with Crippen LogP contribution in [0, 0.1) is 0 Å². The summed E-state index contributed by atoms with van der Waals surface area (Å²) in [6.45, 7) is 0.732. The number of rotatable bonds is 6. The third kappa shape index (κ3) is 4.84. The average Bonchev–Trinajstić information content (AvgIpc) is 3.00. The minimum Gasteiger partial charge on any atom is -0.445 e. The summed E-state index contributed by atoms with van der Waals surface area (Å²) < 4.78 is 10.1. The molecule has 6 heteroatoms. The van der Waals surface area contributed by atoms with Crippen molar-refractivity contribution in [1.29, 1.82) is 0 Å². The van der Waals surface area contributed by atoms with Crippen LogP contribution in [0.4, 0.5) is 4.79 Å². The van der Waals surface area contributed by atoms with E-state index in [1.165, 1.54) is 0 Å². The number of carbonyl (C=O) groups excluding carboxylic acids is 1. The molecule has 0 fully saturated rings. The Morgan fingerprint density at radius 2 is 2.04 bits per heavy atom. The van der Waals surface area contributed by atoms with Crippen molar-refractivity contribution >= 4 is 23.3 Å². The van der Waals surface area contributed by atoms with Crippen molar-refractivity contribution in [2.24, 2.45) is 0 Å². The number of H-pyrrole nitrogens is 1. The number of aromatic nitrogens is 1. The smallest absolute Gasteiger partial charge is 0.417 e. The monoisotopic (exact) mass is 338 g/mol. The summed E-state index contributed by atoms with van der Waals surface area (Å²) in [5, 5.41) is 2.69. The van der Waals surface area contributed by atoms with E-state index in [1.54, 1.807) is 12.1 Å². The number of fused-ring (bicyclic) bond motifs is 1. The van der Waals surface area contributed by atoms with E-state index in [0.717, 1.165) is 11.1 Å². The summed E-state index contributed by atoms with van der Waals surface area (Å²) in [4.78, 5) is 25.3. The van der Waals surface area contributed by atoms with Crippen LogP contribution in [0.1, 0.15) is 17.5 Å². The second kappa shape index (κ2) is 8.01. The lowest BCUT2D eigenvalue weighted by atomic mass is 10.2. The van der Waals surface area contributed by atoms with E-state index in [9.17, 15) is 9.59 Å². The second-order valence-electron chi connectivity index (χ2n) is 5.45. The summed E-state index contributed by atoms with van der Waals surface area (Å²) in [7, 11) is 0. The number of hydrogen-bond donors (Lipinski definition) is 2.